The van der Waals surface area contributed by atoms with Gasteiger partial charge in [-0.25, -0.2) is 4.98 Å². The molecule has 0 aliphatic carbocycles. The molecule has 0 unspecified atom stereocenters. The third-order valence-electron chi connectivity index (χ3n) is 4.90. The van der Waals surface area contributed by atoms with Gasteiger partial charge in [-0.3, -0.25) is 14.2 Å². The van der Waals surface area contributed by atoms with Crippen LogP contribution < -0.4 is 10.9 Å². The lowest BCUT2D eigenvalue weighted by Crippen LogP contribution is -2.21. The minimum absolute atomic E-state index is 0.113. The average Bonchev–Trinajstić information content (AvgIpc) is 2.71. The van der Waals surface area contributed by atoms with E-state index in [0.29, 0.717) is 16.1 Å². The number of anilines is 1. The molecule has 146 valence electrons. The Kier molecular flexibility index (Phi) is 5.11. The van der Waals surface area contributed by atoms with Gasteiger partial charge in [0.2, 0.25) is 5.91 Å². The summed E-state index contributed by atoms with van der Waals surface area (Å²) in [7, 11) is 1.69. The molecule has 29 heavy (non-hydrogen) atoms. The smallest absolute Gasteiger partial charge is 0.261 e. The predicted octanol–water partition coefficient (Wildman–Crippen LogP) is 4.43. The molecule has 1 N–H and O–H groups in total. The first-order valence-corrected chi connectivity index (χ1v) is 10.3. The SMILES string of the molecule is Cc1ccc(C)c(NC(=O)CSc2nc3cc4ccccc4cc3c(=O)n2C)c1. The lowest BCUT2D eigenvalue weighted by Gasteiger charge is -2.11. The van der Waals surface area contributed by atoms with Gasteiger partial charge in [-0.05, 0) is 53.9 Å². The average molecular weight is 404 g/mol. The summed E-state index contributed by atoms with van der Waals surface area (Å²) in [5.74, 6) is 0.0452. The van der Waals surface area contributed by atoms with Crippen molar-refractivity contribution in [2.24, 2.45) is 7.05 Å². The largest absolute Gasteiger partial charge is 0.325 e. The Bertz CT molecular complexity index is 1310. The maximum absolute atomic E-state index is 12.8. The second-order valence-corrected chi connectivity index (χ2v) is 8.07. The van der Waals surface area contributed by atoms with E-state index in [4.69, 9.17) is 0 Å². The van der Waals surface area contributed by atoms with Crippen LogP contribution in [-0.4, -0.2) is 21.2 Å². The fourth-order valence-corrected chi connectivity index (χ4v) is 4.03. The van der Waals surface area contributed by atoms with Crippen molar-refractivity contribution in [3.05, 3.63) is 76.1 Å². The van der Waals surface area contributed by atoms with Crippen molar-refractivity contribution < 1.29 is 4.79 Å². The summed E-state index contributed by atoms with van der Waals surface area (Å²) >= 11 is 1.26. The van der Waals surface area contributed by atoms with Crippen molar-refractivity contribution in [2.75, 3.05) is 11.1 Å². The van der Waals surface area contributed by atoms with Crippen LogP contribution in [0.15, 0.2) is 64.5 Å². The Labute approximate surface area is 172 Å². The Morgan fingerprint density at radius 1 is 1.07 bits per heavy atom. The fraction of sp³-hybridized carbons (Fsp3) is 0.174. The van der Waals surface area contributed by atoms with Crippen LogP contribution in [0.5, 0.6) is 0 Å². The summed E-state index contributed by atoms with van der Waals surface area (Å²) in [4.78, 5) is 29.9. The molecule has 0 saturated carbocycles. The summed E-state index contributed by atoms with van der Waals surface area (Å²) in [6, 6.07) is 17.6. The lowest BCUT2D eigenvalue weighted by atomic mass is 10.1. The first-order valence-electron chi connectivity index (χ1n) is 9.32. The molecule has 4 aromatic rings. The highest BCUT2D eigenvalue weighted by Crippen LogP contribution is 2.23. The molecule has 1 heterocycles. The Hall–Kier alpha value is -3.12. The third kappa shape index (κ3) is 3.89. The van der Waals surface area contributed by atoms with Gasteiger partial charge < -0.3 is 5.32 Å². The maximum Gasteiger partial charge on any atom is 0.261 e. The number of hydrogen-bond donors (Lipinski definition) is 1. The van der Waals surface area contributed by atoms with Crippen LogP contribution in [0.3, 0.4) is 0 Å². The molecule has 4 rings (SSSR count). The van der Waals surface area contributed by atoms with Gasteiger partial charge in [-0.2, -0.15) is 0 Å². The molecule has 5 nitrogen and oxygen atoms in total. The molecule has 1 aromatic heterocycles. The van der Waals surface area contributed by atoms with E-state index >= 15 is 0 Å². The topological polar surface area (TPSA) is 64.0 Å². The zero-order valence-corrected chi connectivity index (χ0v) is 17.3. The molecule has 0 bridgehead atoms. The van der Waals surface area contributed by atoms with Crippen molar-refractivity contribution >= 4 is 45.0 Å². The summed E-state index contributed by atoms with van der Waals surface area (Å²) in [6.45, 7) is 3.95. The predicted molar refractivity (Wildman–Crippen MR) is 120 cm³/mol. The number of amides is 1. The highest BCUT2D eigenvalue weighted by Gasteiger charge is 2.12. The number of benzene rings is 3. The number of aryl methyl sites for hydroxylation is 2. The fourth-order valence-electron chi connectivity index (χ4n) is 3.25. The van der Waals surface area contributed by atoms with Crippen molar-refractivity contribution in [1.82, 2.24) is 9.55 Å². The van der Waals surface area contributed by atoms with E-state index in [2.05, 4.69) is 10.3 Å². The number of hydrogen-bond acceptors (Lipinski definition) is 4. The van der Waals surface area contributed by atoms with Crippen LogP contribution in [-0.2, 0) is 11.8 Å². The zero-order valence-electron chi connectivity index (χ0n) is 16.5. The van der Waals surface area contributed by atoms with Gasteiger partial charge in [0.25, 0.3) is 5.56 Å². The monoisotopic (exact) mass is 403 g/mol. The highest BCUT2D eigenvalue weighted by atomic mass is 32.2. The first kappa shape index (κ1) is 19.2. The Morgan fingerprint density at radius 2 is 1.79 bits per heavy atom. The summed E-state index contributed by atoms with van der Waals surface area (Å²) in [5.41, 5.74) is 3.44. The quantitative estimate of drug-likeness (QED) is 0.311. The molecular weight excluding hydrogens is 382 g/mol. The van der Waals surface area contributed by atoms with E-state index in [-0.39, 0.29) is 17.2 Å². The van der Waals surface area contributed by atoms with Crippen LogP contribution in [0, 0.1) is 13.8 Å². The number of aromatic nitrogens is 2. The number of fused-ring (bicyclic) bond motifs is 2. The van der Waals surface area contributed by atoms with Crippen LogP contribution in [0.25, 0.3) is 21.7 Å². The minimum Gasteiger partial charge on any atom is -0.325 e. The number of nitrogens with one attached hydrogen (secondary N) is 1. The summed E-state index contributed by atoms with van der Waals surface area (Å²) in [5, 5.41) is 6.08. The lowest BCUT2D eigenvalue weighted by molar-refractivity contribution is -0.113. The molecule has 0 radical (unpaired) electrons. The standard InChI is InChI=1S/C23H21N3O2S/c1-14-8-9-15(2)19(10-14)24-21(27)13-29-23-25-20-12-17-7-5-4-6-16(17)11-18(20)22(28)26(23)3/h4-12H,13H2,1-3H3,(H,24,27). The van der Waals surface area contributed by atoms with Gasteiger partial charge >= 0.3 is 0 Å². The molecule has 6 heteroatoms. The number of carbonyl (C=O) groups excluding carboxylic acids is 1. The summed E-state index contributed by atoms with van der Waals surface area (Å²) < 4.78 is 1.51. The molecule has 3 aromatic carbocycles. The van der Waals surface area contributed by atoms with Gasteiger partial charge in [0.15, 0.2) is 5.16 Å². The van der Waals surface area contributed by atoms with E-state index < -0.39 is 0 Å². The van der Waals surface area contributed by atoms with Crippen molar-refractivity contribution in [3.63, 3.8) is 0 Å². The van der Waals surface area contributed by atoms with Crippen molar-refractivity contribution in [1.29, 1.82) is 0 Å². The van der Waals surface area contributed by atoms with Gasteiger partial charge in [-0.1, -0.05) is 48.2 Å². The second-order valence-electron chi connectivity index (χ2n) is 7.13. The molecule has 0 aliphatic rings. The molecule has 0 aliphatic heterocycles. The molecule has 1 amide bonds. The molecule has 0 atom stereocenters. The van der Waals surface area contributed by atoms with Gasteiger partial charge in [-0.15, -0.1) is 0 Å². The highest BCUT2D eigenvalue weighted by molar-refractivity contribution is 7.99. The maximum atomic E-state index is 12.8. The molecular formula is C23H21N3O2S. The molecule has 0 spiro atoms. The third-order valence-corrected chi connectivity index (χ3v) is 5.93. The van der Waals surface area contributed by atoms with Gasteiger partial charge in [0.1, 0.15) is 0 Å². The van der Waals surface area contributed by atoms with Crippen LogP contribution >= 0.6 is 11.8 Å². The minimum atomic E-state index is -0.128. The van der Waals surface area contributed by atoms with Crippen molar-refractivity contribution in [3.8, 4) is 0 Å². The van der Waals surface area contributed by atoms with E-state index in [0.717, 1.165) is 27.6 Å². The number of nitrogens with zero attached hydrogens (tertiary/aromatic N) is 2. The van der Waals surface area contributed by atoms with E-state index in [1.54, 1.807) is 7.05 Å². The molecule has 0 saturated heterocycles. The first-order chi connectivity index (χ1) is 13.9. The summed E-state index contributed by atoms with van der Waals surface area (Å²) in [6.07, 6.45) is 0. The Morgan fingerprint density at radius 3 is 2.55 bits per heavy atom. The van der Waals surface area contributed by atoms with Crippen LogP contribution in [0.2, 0.25) is 0 Å². The van der Waals surface area contributed by atoms with Gasteiger partial charge in [0, 0.05) is 12.7 Å². The van der Waals surface area contributed by atoms with E-state index in [1.165, 1.54) is 16.3 Å². The number of carbonyl (C=O) groups is 1. The van der Waals surface area contributed by atoms with Crippen LogP contribution in [0.1, 0.15) is 11.1 Å². The van der Waals surface area contributed by atoms with Gasteiger partial charge in [0.05, 0.1) is 16.7 Å². The Balaban J connectivity index is 1.59. The zero-order chi connectivity index (χ0) is 20.5. The van der Waals surface area contributed by atoms with Crippen LogP contribution in [0.4, 0.5) is 5.69 Å². The van der Waals surface area contributed by atoms with E-state index in [9.17, 15) is 9.59 Å². The van der Waals surface area contributed by atoms with E-state index in [1.807, 2.05) is 68.4 Å². The number of rotatable bonds is 4. The molecule has 0 fully saturated rings. The number of thioether (sulfide) groups is 1. The van der Waals surface area contributed by atoms with Crippen molar-refractivity contribution in [2.45, 2.75) is 19.0 Å². The second kappa shape index (κ2) is 7.72. The normalized spacial score (nSPS) is 11.1.